The van der Waals surface area contributed by atoms with E-state index in [1.165, 1.54) is 28.0 Å². The Morgan fingerprint density at radius 1 is 0.886 bits per heavy atom. The molecule has 1 saturated heterocycles. The number of benzene rings is 2. The Morgan fingerprint density at radius 3 is 2.09 bits per heavy atom. The van der Waals surface area contributed by atoms with Crippen molar-refractivity contribution >= 4 is 29.3 Å². The monoisotopic (exact) mass is 482 g/mol. The molecule has 186 valence electrons. The Labute approximate surface area is 203 Å². The Bertz CT molecular complexity index is 1070. The van der Waals surface area contributed by atoms with Gasteiger partial charge in [-0.15, -0.1) is 0 Å². The van der Waals surface area contributed by atoms with Crippen LogP contribution in [0.5, 0.6) is 0 Å². The van der Waals surface area contributed by atoms with Crippen LogP contribution in [0.25, 0.3) is 0 Å². The molecular formula is C25H31FN6O3. The van der Waals surface area contributed by atoms with Crippen LogP contribution < -0.4 is 21.7 Å². The van der Waals surface area contributed by atoms with Crippen molar-refractivity contribution in [1.29, 1.82) is 0 Å². The SMILES string of the molecule is Cc1ccc(NC(=O)N2CCN(C(=O)Nc3cccc(F)c3)C2C(=O)NC2CCC(N)CC2)cc1. The highest BCUT2D eigenvalue weighted by atomic mass is 19.1. The van der Waals surface area contributed by atoms with Crippen LogP contribution in [-0.2, 0) is 4.79 Å². The van der Waals surface area contributed by atoms with E-state index in [0.29, 0.717) is 5.69 Å². The molecule has 1 aliphatic carbocycles. The maximum atomic E-state index is 13.6. The van der Waals surface area contributed by atoms with Crippen LogP contribution in [0.2, 0.25) is 0 Å². The average Bonchev–Trinajstić information content (AvgIpc) is 3.28. The van der Waals surface area contributed by atoms with Crippen LogP contribution >= 0.6 is 0 Å². The van der Waals surface area contributed by atoms with E-state index in [2.05, 4.69) is 16.0 Å². The molecule has 0 bridgehead atoms. The number of amides is 5. The lowest BCUT2D eigenvalue weighted by atomic mass is 9.92. The zero-order chi connectivity index (χ0) is 24.9. The van der Waals surface area contributed by atoms with Gasteiger partial charge < -0.3 is 21.7 Å². The van der Waals surface area contributed by atoms with Gasteiger partial charge in [-0.3, -0.25) is 14.6 Å². The summed E-state index contributed by atoms with van der Waals surface area (Å²) in [5.74, 6) is -0.926. The Hall–Kier alpha value is -3.66. The summed E-state index contributed by atoms with van der Waals surface area (Å²) < 4.78 is 13.6. The maximum absolute atomic E-state index is 13.6. The quantitative estimate of drug-likeness (QED) is 0.535. The molecule has 1 aliphatic heterocycles. The molecule has 2 aromatic rings. The van der Waals surface area contributed by atoms with Gasteiger partial charge in [-0.1, -0.05) is 23.8 Å². The van der Waals surface area contributed by atoms with Crippen molar-refractivity contribution in [3.05, 3.63) is 59.9 Å². The number of carbonyl (C=O) groups is 3. The average molecular weight is 483 g/mol. The minimum absolute atomic E-state index is 0.0713. The molecular weight excluding hydrogens is 451 g/mol. The third-order valence-electron chi connectivity index (χ3n) is 6.43. The minimum atomic E-state index is -1.15. The fourth-order valence-corrected chi connectivity index (χ4v) is 4.47. The number of nitrogens with zero attached hydrogens (tertiary/aromatic N) is 2. The van der Waals surface area contributed by atoms with E-state index in [1.807, 2.05) is 19.1 Å². The zero-order valence-electron chi connectivity index (χ0n) is 19.7. The summed E-state index contributed by atoms with van der Waals surface area (Å²) in [6.07, 6.45) is 1.94. The predicted molar refractivity (Wildman–Crippen MR) is 131 cm³/mol. The number of rotatable bonds is 4. The largest absolute Gasteiger partial charge is 0.350 e. The van der Waals surface area contributed by atoms with E-state index in [0.717, 1.165) is 31.2 Å². The van der Waals surface area contributed by atoms with E-state index in [4.69, 9.17) is 5.73 Å². The summed E-state index contributed by atoms with van der Waals surface area (Å²) in [6, 6.07) is 11.8. The first kappa shape index (κ1) is 24.5. The van der Waals surface area contributed by atoms with Gasteiger partial charge >= 0.3 is 12.1 Å². The highest BCUT2D eigenvalue weighted by Crippen LogP contribution is 2.22. The lowest BCUT2D eigenvalue weighted by molar-refractivity contribution is -0.128. The second-order valence-electron chi connectivity index (χ2n) is 9.12. The molecule has 1 saturated carbocycles. The summed E-state index contributed by atoms with van der Waals surface area (Å²) >= 11 is 0. The molecule has 0 radical (unpaired) electrons. The van der Waals surface area contributed by atoms with Crippen LogP contribution in [0.3, 0.4) is 0 Å². The van der Waals surface area contributed by atoms with Crippen molar-refractivity contribution in [2.45, 2.75) is 50.9 Å². The van der Waals surface area contributed by atoms with Gasteiger partial charge in [0.1, 0.15) is 5.82 Å². The van der Waals surface area contributed by atoms with Gasteiger partial charge in [0, 0.05) is 36.5 Å². The Balaban J connectivity index is 1.51. The fraction of sp³-hybridized carbons (Fsp3) is 0.400. The summed E-state index contributed by atoms with van der Waals surface area (Å²) in [5, 5.41) is 8.43. The molecule has 35 heavy (non-hydrogen) atoms. The lowest BCUT2D eigenvalue weighted by Gasteiger charge is -2.32. The number of aryl methyl sites for hydroxylation is 1. The van der Waals surface area contributed by atoms with E-state index < -0.39 is 30.0 Å². The van der Waals surface area contributed by atoms with Crippen LogP contribution in [0, 0.1) is 12.7 Å². The number of carbonyl (C=O) groups excluding carboxylic acids is 3. The van der Waals surface area contributed by atoms with Crippen molar-refractivity contribution < 1.29 is 18.8 Å². The smallest absolute Gasteiger partial charge is 0.323 e. The number of urea groups is 2. The van der Waals surface area contributed by atoms with Gasteiger partial charge in [0.05, 0.1) is 0 Å². The molecule has 2 aliphatic rings. The number of hydrogen-bond acceptors (Lipinski definition) is 4. The summed E-state index contributed by atoms with van der Waals surface area (Å²) in [5.41, 5.74) is 7.88. The van der Waals surface area contributed by atoms with Crippen LogP contribution in [0.4, 0.5) is 25.4 Å². The number of anilines is 2. The number of hydrogen-bond donors (Lipinski definition) is 4. The summed E-state index contributed by atoms with van der Waals surface area (Å²) in [7, 11) is 0. The molecule has 1 heterocycles. The molecule has 2 aromatic carbocycles. The molecule has 9 nitrogen and oxygen atoms in total. The van der Waals surface area contributed by atoms with Crippen molar-refractivity contribution in [3.8, 4) is 0 Å². The first-order valence-electron chi connectivity index (χ1n) is 11.8. The summed E-state index contributed by atoms with van der Waals surface area (Å²) in [6.45, 7) is 2.26. The van der Waals surface area contributed by atoms with E-state index in [1.54, 1.807) is 18.2 Å². The van der Waals surface area contributed by atoms with Gasteiger partial charge in [0.15, 0.2) is 6.17 Å². The Kier molecular flexibility index (Phi) is 7.50. The van der Waals surface area contributed by atoms with Gasteiger partial charge in [0.25, 0.3) is 5.91 Å². The molecule has 0 aromatic heterocycles. The molecule has 0 spiro atoms. The Morgan fingerprint density at radius 2 is 1.49 bits per heavy atom. The lowest BCUT2D eigenvalue weighted by Crippen LogP contribution is -2.57. The summed E-state index contributed by atoms with van der Waals surface area (Å²) in [4.78, 5) is 42.2. The number of nitrogens with two attached hydrogens (primary N) is 1. The van der Waals surface area contributed by atoms with Gasteiger partial charge in [-0.2, -0.15) is 0 Å². The predicted octanol–water partition coefficient (Wildman–Crippen LogP) is 3.23. The minimum Gasteiger partial charge on any atom is -0.350 e. The standard InChI is InChI=1S/C25H31FN6O3/c1-16-5-9-20(10-6-16)29-24(34)31-13-14-32(25(35)30-21-4-2-3-17(26)15-21)23(31)22(33)28-19-11-7-18(27)8-12-19/h2-6,9-10,15,18-19,23H,7-8,11-14,27H2,1H3,(H,28,33)(H,29,34)(H,30,35). The first-order chi connectivity index (χ1) is 16.8. The number of halogens is 1. The van der Waals surface area contributed by atoms with Crippen molar-refractivity contribution in [3.63, 3.8) is 0 Å². The van der Waals surface area contributed by atoms with Crippen molar-refractivity contribution in [1.82, 2.24) is 15.1 Å². The van der Waals surface area contributed by atoms with Crippen LogP contribution in [0.15, 0.2) is 48.5 Å². The van der Waals surface area contributed by atoms with Gasteiger partial charge in [-0.05, 0) is 62.9 Å². The molecule has 10 heteroatoms. The van der Waals surface area contributed by atoms with Crippen LogP contribution in [0.1, 0.15) is 31.2 Å². The zero-order valence-corrected chi connectivity index (χ0v) is 19.7. The third-order valence-corrected chi connectivity index (χ3v) is 6.43. The van der Waals surface area contributed by atoms with Crippen molar-refractivity contribution in [2.24, 2.45) is 5.73 Å². The second kappa shape index (κ2) is 10.7. The molecule has 4 rings (SSSR count). The van der Waals surface area contributed by atoms with E-state index in [-0.39, 0.29) is 30.9 Å². The molecule has 5 N–H and O–H groups in total. The first-order valence-corrected chi connectivity index (χ1v) is 11.8. The third kappa shape index (κ3) is 6.07. The molecule has 5 amide bonds. The molecule has 1 unspecified atom stereocenters. The molecule has 2 fully saturated rings. The van der Waals surface area contributed by atoms with Crippen LogP contribution in [-0.4, -0.2) is 59.1 Å². The topological polar surface area (TPSA) is 120 Å². The van der Waals surface area contributed by atoms with E-state index >= 15 is 0 Å². The van der Waals surface area contributed by atoms with E-state index in [9.17, 15) is 18.8 Å². The van der Waals surface area contributed by atoms with Gasteiger partial charge in [0.2, 0.25) is 0 Å². The molecule has 1 atom stereocenters. The van der Waals surface area contributed by atoms with Crippen molar-refractivity contribution in [2.75, 3.05) is 23.7 Å². The fourth-order valence-electron chi connectivity index (χ4n) is 4.47. The maximum Gasteiger partial charge on any atom is 0.323 e. The highest BCUT2D eigenvalue weighted by Gasteiger charge is 2.43. The van der Waals surface area contributed by atoms with Gasteiger partial charge in [-0.25, -0.2) is 14.0 Å². The second-order valence-corrected chi connectivity index (χ2v) is 9.12. The number of nitrogens with one attached hydrogen (secondary N) is 3. The highest BCUT2D eigenvalue weighted by molar-refractivity contribution is 5.98. The normalized spacial score (nSPS) is 22.0.